The Labute approximate surface area is 108 Å². The van der Waals surface area contributed by atoms with E-state index < -0.39 is 0 Å². The van der Waals surface area contributed by atoms with Gasteiger partial charge in [0.15, 0.2) is 0 Å². The van der Waals surface area contributed by atoms with E-state index >= 15 is 0 Å². The molecule has 0 radical (unpaired) electrons. The fourth-order valence-electron chi connectivity index (χ4n) is 1.56. The molecule has 5 heteroatoms. The largest absolute Gasteiger partial charge is 0.421 e. The van der Waals surface area contributed by atoms with Gasteiger partial charge in [-0.05, 0) is 37.6 Å². The Balaban J connectivity index is 2.27. The first-order valence-electron chi connectivity index (χ1n) is 5.50. The summed E-state index contributed by atoms with van der Waals surface area (Å²) in [6.45, 7) is 2.65. The molecule has 2 rings (SSSR count). The normalized spacial score (nSPS) is 10.8. The molecule has 2 aromatic rings. The first-order chi connectivity index (χ1) is 8.22. The van der Waals surface area contributed by atoms with Crippen molar-refractivity contribution in [3.05, 3.63) is 34.1 Å². The lowest BCUT2D eigenvalue weighted by Gasteiger charge is -2.02. The Hall–Kier alpha value is -1.20. The van der Waals surface area contributed by atoms with Crippen molar-refractivity contribution in [1.82, 2.24) is 10.2 Å². The smallest absolute Gasteiger partial charge is 0.248 e. The Morgan fingerprint density at radius 2 is 2.18 bits per heavy atom. The fraction of sp³-hybridized carbons (Fsp3) is 0.333. The predicted octanol–water partition coefficient (Wildman–Crippen LogP) is 2.70. The van der Waals surface area contributed by atoms with E-state index in [4.69, 9.17) is 10.2 Å². The van der Waals surface area contributed by atoms with E-state index in [-0.39, 0.29) is 0 Å². The maximum absolute atomic E-state index is 5.61. The molecule has 0 saturated carbocycles. The van der Waals surface area contributed by atoms with Gasteiger partial charge in [0.25, 0.3) is 0 Å². The summed E-state index contributed by atoms with van der Waals surface area (Å²) in [5.74, 6) is 1.21. The molecule has 1 aromatic carbocycles. The van der Waals surface area contributed by atoms with Crippen molar-refractivity contribution in [3.8, 4) is 11.5 Å². The van der Waals surface area contributed by atoms with Gasteiger partial charge in [-0.25, -0.2) is 0 Å². The number of aromatic nitrogens is 2. The highest BCUT2D eigenvalue weighted by atomic mass is 79.9. The highest BCUT2D eigenvalue weighted by Gasteiger charge is 2.11. The van der Waals surface area contributed by atoms with Crippen molar-refractivity contribution in [2.75, 3.05) is 6.54 Å². The van der Waals surface area contributed by atoms with Gasteiger partial charge in [-0.2, -0.15) is 0 Å². The van der Waals surface area contributed by atoms with E-state index in [1.807, 2.05) is 25.1 Å². The number of hydrogen-bond donors (Lipinski definition) is 1. The van der Waals surface area contributed by atoms with Crippen LogP contribution in [-0.2, 0) is 6.42 Å². The summed E-state index contributed by atoms with van der Waals surface area (Å²) in [6, 6.07) is 5.92. The Morgan fingerprint density at radius 3 is 2.94 bits per heavy atom. The number of nitrogens with zero attached hydrogens (tertiary/aromatic N) is 2. The molecule has 0 bridgehead atoms. The first-order valence-corrected chi connectivity index (χ1v) is 6.29. The van der Waals surface area contributed by atoms with Crippen LogP contribution in [0.3, 0.4) is 0 Å². The number of nitrogens with two attached hydrogens (primary N) is 1. The lowest BCUT2D eigenvalue weighted by Crippen LogP contribution is -2.00. The average molecular weight is 296 g/mol. The quantitative estimate of drug-likeness (QED) is 0.942. The van der Waals surface area contributed by atoms with Gasteiger partial charge >= 0.3 is 0 Å². The lowest BCUT2D eigenvalue weighted by molar-refractivity contribution is 0.498. The van der Waals surface area contributed by atoms with Crippen molar-refractivity contribution < 1.29 is 4.42 Å². The van der Waals surface area contributed by atoms with Gasteiger partial charge in [-0.3, -0.25) is 0 Å². The van der Waals surface area contributed by atoms with Gasteiger partial charge in [0.1, 0.15) is 0 Å². The molecule has 0 atom stereocenters. The minimum absolute atomic E-state index is 0.566. The van der Waals surface area contributed by atoms with E-state index in [2.05, 4.69) is 26.1 Å². The van der Waals surface area contributed by atoms with Crippen LogP contribution in [0.15, 0.2) is 27.1 Å². The van der Waals surface area contributed by atoms with E-state index in [0.29, 0.717) is 18.3 Å². The molecule has 1 aromatic heterocycles. The number of rotatable bonds is 4. The van der Waals surface area contributed by atoms with Crippen LogP contribution in [0.1, 0.15) is 17.9 Å². The van der Waals surface area contributed by atoms with Crippen molar-refractivity contribution in [3.63, 3.8) is 0 Å². The van der Waals surface area contributed by atoms with Crippen molar-refractivity contribution in [2.24, 2.45) is 5.73 Å². The highest BCUT2D eigenvalue weighted by molar-refractivity contribution is 9.10. The SMILES string of the molecule is Cc1c(Br)cccc1-c1nnc(CCCN)o1. The molecule has 0 unspecified atom stereocenters. The zero-order valence-electron chi connectivity index (χ0n) is 9.61. The van der Waals surface area contributed by atoms with Crippen LogP contribution in [0.4, 0.5) is 0 Å². The molecule has 90 valence electrons. The second kappa shape index (κ2) is 5.42. The number of halogens is 1. The highest BCUT2D eigenvalue weighted by Crippen LogP contribution is 2.27. The molecule has 0 spiro atoms. The monoisotopic (exact) mass is 295 g/mol. The third kappa shape index (κ3) is 2.73. The lowest BCUT2D eigenvalue weighted by atomic mass is 10.1. The van der Waals surface area contributed by atoms with Crippen molar-refractivity contribution in [2.45, 2.75) is 19.8 Å². The topological polar surface area (TPSA) is 64.9 Å². The van der Waals surface area contributed by atoms with Gasteiger partial charge in [-0.1, -0.05) is 22.0 Å². The summed E-state index contributed by atoms with van der Waals surface area (Å²) in [7, 11) is 0. The Bertz CT molecular complexity index is 510. The van der Waals surface area contributed by atoms with Crippen LogP contribution in [0.25, 0.3) is 11.5 Å². The molecule has 0 aliphatic heterocycles. The zero-order valence-corrected chi connectivity index (χ0v) is 11.2. The number of benzene rings is 1. The van der Waals surface area contributed by atoms with Crippen molar-refractivity contribution in [1.29, 1.82) is 0 Å². The molecule has 2 N–H and O–H groups in total. The molecule has 0 amide bonds. The minimum Gasteiger partial charge on any atom is -0.421 e. The van der Waals surface area contributed by atoms with E-state index in [1.54, 1.807) is 0 Å². The summed E-state index contributed by atoms with van der Waals surface area (Å²) in [4.78, 5) is 0. The van der Waals surface area contributed by atoms with Gasteiger partial charge in [0.2, 0.25) is 11.8 Å². The zero-order chi connectivity index (χ0) is 12.3. The summed E-state index contributed by atoms with van der Waals surface area (Å²) in [5.41, 5.74) is 7.50. The van der Waals surface area contributed by atoms with Crippen LogP contribution in [0, 0.1) is 6.92 Å². The summed E-state index contributed by atoms with van der Waals surface area (Å²) in [5, 5.41) is 8.08. The Kier molecular flexibility index (Phi) is 3.91. The number of hydrogen-bond acceptors (Lipinski definition) is 4. The minimum atomic E-state index is 0.566. The van der Waals surface area contributed by atoms with Gasteiger partial charge in [0.05, 0.1) is 0 Å². The number of aryl methyl sites for hydroxylation is 1. The summed E-state index contributed by atoms with van der Waals surface area (Å²) < 4.78 is 6.65. The third-order valence-electron chi connectivity index (χ3n) is 2.56. The maximum Gasteiger partial charge on any atom is 0.248 e. The van der Waals surface area contributed by atoms with Gasteiger partial charge in [0, 0.05) is 16.5 Å². The van der Waals surface area contributed by atoms with Gasteiger partial charge < -0.3 is 10.2 Å². The molecule has 0 saturated heterocycles. The second-order valence-corrected chi connectivity index (χ2v) is 4.66. The van der Waals surface area contributed by atoms with Gasteiger partial charge in [-0.15, -0.1) is 10.2 Å². The molecule has 17 heavy (non-hydrogen) atoms. The average Bonchev–Trinajstić information content (AvgIpc) is 2.78. The van der Waals surface area contributed by atoms with E-state index in [9.17, 15) is 0 Å². The molecule has 4 nitrogen and oxygen atoms in total. The van der Waals surface area contributed by atoms with Crippen molar-refractivity contribution >= 4 is 15.9 Å². The predicted molar refractivity (Wildman–Crippen MR) is 69.5 cm³/mol. The third-order valence-corrected chi connectivity index (χ3v) is 3.42. The standard InChI is InChI=1S/C12H14BrN3O/c1-8-9(4-2-5-10(8)13)12-16-15-11(17-12)6-3-7-14/h2,4-5H,3,6-7,14H2,1H3. The molecule has 0 fully saturated rings. The van der Waals surface area contributed by atoms with Crippen LogP contribution in [0.5, 0.6) is 0 Å². The molecular weight excluding hydrogens is 282 g/mol. The molecule has 1 heterocycles. The van der Waals surface area contributed by atoms with Crippen LogP contribution in [-0.4, -0.2) is 16.7 Å². The summed E-state index contributed by atoms with van der Waals surface area (Å²) in [6.07, 6.45) is 1.59. The van der Waals surface area contributed by atoms with Crippen LogP contribution in [0.2, 0.25) is 0 Å². The van der Waals surface area contributed by atoms with Crippen LogP contribution >= 0.6 is 15.9 Å². The molecule has 0 aliphatic rings. The second-order valence-electron chi connectivity index (χ2n) is 3.81. The Morgan fingerprint density at radius 1 is 1.35 bits per heavy atom. The molecular formula is C12H14BrN3O. The molecule has 0 aliphatic carbocycles. The van der Waals surface area contributed by atoms with Crippen LogP contribution < -0.4 is 5.73 Å². The fourth-order valence-corrected chi connectivity index (χ4v) is 1.92. The maximum atomic E-state index is 5.61. The van der Waals surface area contributed by atoms with E-state index in [1.165, 1.54) is 0 Å². The first kappa shape index (κ1) is 12.3. The summed E-state index contributed by atoms with van der Waals surface area (Å²) >= 11 is 3.49. The van der Waals surface area contributed by atoms with E-state index in [0.717, 1.165) is 28.4 Å².